The van der Waals surface area contributed by atoms with Crippen molar-refractivity contribution in [2.24, 2.45) is 0 Å². The largest absolute Gasteiger partial charge is 0.494 e. The van der Waals surface area contributed by atoms with E-state index in [0.29, 0.717) is 36.7 Å². The van der Waals surface area contributed by atoms with Crippen molar-refractivity contribution in [2.45, 2.75) is 26.4 Å². The van der Waals surface area contributed by atoms with Crippen molar-refractivity contribution >= 4 is 12.0 Å². The molecule has 8 heteroatoms. The molecular formula is C22H27N3O5. The van der Waals surface area contributed by atoms with Gasteiger partial charge in [0.05, 0.1) is 25.1 Å². The van der Waals surface area contributed by atoms with Crippen LogP contribution in [0.15, 0.2) is 58.3 Å². The van der Waals surface area contributed by atoms with Crippen LogP contribution in [0, 0.1) is 0 Å². The molecule has 0 spiro atoms. The van der Waals surface area contributed by atoms with Crippen molar-refractivity contribution < 1.29 is 23.5 Å². The molecule has 0 radical (unpaired) electrons. The summed E-state index contributed by atoms with van der Waals surface area (Å²) >= 11 is 0. The molecular weight excluding hydrogens is 386 g/mol. The molecule has 160 valence electrons. The van der Waals surface area contributed by atoms with Gasteiger partial charge in [0.25, 0.3) is 0 Å². The monoisotopic (exact) mass is 413 g/mol. The van der Waals surface area contributed by atoms with Crippen LogP contribution < -0.4 is 15.4 Å². The van der Waals surface area contributed by atoms with Gasteiger partial charge in [0, 0.05) is 18.8 Å². The van der Waals surface area contributed by atoms with Gasteiger partial charge in [0.15, 0.2) is 0 Å². The third-order valence-corrected chi connectivity index (χ3v) is 4.59. The van der Waals surface area contributed by atoms with Gasteiger partial charge in [-0.3, -0.25) is 4.90 Å². The van der Waals surface area contributed by atoms with Crippen molar-refractivity contribution in [1.82, 2.24) is 15.5 Å². The third kappa shape index (κ3) is 5.21. The lowest BCUT2D eigenvalue weighted by Crippen LogP contribution is -2.48. The number of nitrogens with zero attached hydrogens (tertiary/aromatic N) is 1. The Balaban J connectivity index is 1.82. The van der Waals surface area contributed by atoms with Gasteiger partial charge in [0.2, 0.25) is 0 Å². The van der Waals surface area contributed by atoms with Gasteiger partial charge in [0.1, 0.15) is 17.6 Å². The number of carbonyl (C=O) groups is 2. The number of esters is 1. The van der Waals surface area contributed by atoms with Gasteiger partial charge >= 0.3 is 12.0 Å². The number of ether oxygens (including phenoxy) is 2. The number of hydrogen-bond acceptors (Lipinski definition) is 6. The third-order valence-electron chi connectivity index (χ3n) is 4.59. The fraction of sp³-hybridized carbons (Fsp3) is 0.364. The fourth-order valence-corrected chi connectivity index (χ4v) is 3.36. The van der Waals surface area contributed by atoms with Crippen molar-refractivity contribution in [1.29, 1.82) is 0 Å². The fourth-order valence-electron chi connectivity index (χ4n) is 3.36. The smallest absolute Gasteiger partial charge is 0.338 e. The van der Waals surface area contributed by atoms with Crippen molar-refractivity contribution in [3.05, 3.63) is 65.3 Å². The molecule has 0 unspecified atom stereocenters. The van der Waals surface area contributed by atoms with Crippen LogP contribution in [0.1, 0.15) is 31.2 Å². The van der Waals surface area contributed by atoms with E-state index in [1.807, 2.05) is 43.1 Å². The SMILES string of the molecule is CCOC(=O)C1=C(CN(C)Cc2ccc(OCC)cc2)NC(=O)N[C@H]1c1ccco1. The van der Waals surface area contributed by atoms with E-state index < -0.39 is 18.0 Å². The Bertz CT molecular complexity index is 890. The maximum Gasteiger partial charge on any atom is 0.338 e. The second kappa shape index (κ2) is 9.98. The molecule has 1 aliphatic heterocycles. The Morgan fingerprint density at radius 1 is 1.13 bits per heavy atom. The molecule has 2 amide bonds. The van der Waals surface area contributed by atoms with E-state index in [0.717, 1.165) is 11.3 Å². The molecule has 1 aliphatic rings. The van der Waals surface area contributed by atoms with Crippen molar-refractivity contribution in [3.63, 3.8) is 0 Å². The molecule has 0 saturated heterocycles. The standard InChI is InChI=1S/C22H27N3O5/c1-4-28-16-10-8-15(9-11-16)13-25(3)14-17-19(21(26)29-5-2)20(24-22(27)23-17)18-7-6-12-30-18/h6-12,20H,4-5,13-14H2,1-3H3,(H2,23,24,27)/t20-/m0/s1. The summed E-state index contributed by atoms with van der Waals surface area (Å²) in [7, 11) is 1.92. The normalized spacial score (nSPS) is 16.3. The minimum absolute atomic E-state index is 0.233. The molecule has 1 atom stereocenters. The van der Waals surface area contributed by atoms with Crippen LogP contribution in [0.4, 0.5) is 4.79 Å². The zero-order valence-electron chi connectivity index (χ0n) is 17.4. The topological polar surface area (TPSA) is 93.0 Å². The van der Waals surface area contributed by atoms with Gasteiger partial charge in [-0.05, 0) is 50.7 Å². The molecule has 0 bridgehead atoms. The Labute approximate surface area is 175 Å². The van der Waals surface area contributed by atoms with Crippen molar-refractivity contribution in [2.75, 3.05) is 26.8 Å². The Morgan fingerprint density at radius 2 is 1.90 bits per heavy atom. The van der Waals surface area contributed by atoms with Gasteiger partial charge in [-0.15, -0.1) is 0 Å². The predicted octanol–water partition coefficient (Wildman–Crippen LogP) is 2.98. The lowest BCUT2D eigenvalue weighted by Gasteiger charge is -2.30. The first kappa shape index (κ1) is 21.4. The highest BCUT2D eigenvalue weighted by Gasteiger charge is 2.35. The molecule has 2 aromatic rings. The predicted molar refractivity (Wildman–Crippen MR) is 111 cm³/mol. The summed E-state index contributed by atoms with van der Waals surface area (Å²) < 4.78 is 16.2. The summed E-state index contributed by atoms with van der Waals surface area (Å²) in [6.45, 7) is 5.52. The lowest BCUT2D eigenvalue weighted by molar-refractivity contribution is -0.139. The van der Waals surface area contributed by atoms with Crippen LogP contribution in [-0.4, -0.2) is 43.7 Å². The minimum Gasteiger partial charge on any atom is -0.494 e. The minimum atomic E-state index is -0.707. The number of hydrogen-bond donors (Lipinski definition) is 2. The van der Waals surface area contributed by atoms with Gasteiger partial charge in [-0.1, -0.05) is 12.1 Å². The highest BCUT2D eigenvalue weighted by molar-refractivity contribution is 5.95. The lowest BCUT2D eigenvalue weighted by atomic mass is 10.00. The second-order valence-corrected chi connectivity index (χ2v) is 6.91. The molecule has 2 heterocycles. The Hall–Kier alpha value is -3.26. The first-order chi connectivity index (χ1) is 14.5. The Kier molecular flexibility index (Phi) is 7.13. The van der Waals surface area contributed by atoms with Gasteiger partial charge < -0.3 is 24.5 Å². The summed E-state index contributed by atoms with van der Waals surface area (Å²) in [4.78, 5) is 27.0. The summed E-state index contributed by atoms with van der Waals surface area (Å²) in [5.74, 6) is 0.804. The number of urea groups is 1. The highest BCUT2D eigenvalue weighted by Crippen LogP contribution is 2.28. The average Bonchev–Trinajstić information content (AvgIpc) is 3.24. The molecule has 3 rings (SSSR count). The number of likely N-dealkylation sites (N-methyl/N-ethyl adjacent to an activating group) is 1. The van der Waals surface area contributed by atoms with E-state index in [-0.39, 0.29) is 6.61 Å². The zero-order valence-corrected chi connectivity index (χ0v) is 17.4. The quantitative estimate of drug-likeness (QED) is 0.614. The molecule has 0 fully saturated rings. The molecule has 1 aromatic carbocycles. The summed E-state index contributed by atoms with van der Waals surface area (Å²) in [6.07, 6.45) is 1.50. The second-order valence-electron chi connectivity index (χ2n) is 6.91. The van der Waals surface area contributed by atoms with E-state index in [1.165, 1.54) is 6.26 Å². The number of rotatable bonds is 9. The molecule has 8 nitrogen and oxygen atoms in total. The van der Waals surface area contributed by atoms with E-state index >= 15 is 0 Å². The maximum atomic E-state index is 12.7. The van der Waals surface area contributed by atoms with Gasteiger partial charge in [-0.2, -0.15) is 0 Å². The van der Waals surface area contributed by atoms with E-state index in [2.05, 4.69) is 10.6 Å². The van der Waals surface area contributed by atoms with Crippen LogP contribution >= 0.6 is 0 Å². The Morgan fingerprint density at radius 3 is 2.53 bits per heavy atom. The molecule has 2 N–H and O–H groups in total. The number of amides is 2. The summed E-state index contributed by atoms with van der Waals surface area (Å²) in [5, 5.41) is 5.51. The van der Waals surface area contributed by atoms with E-state index in [4.69, 9.17) is 13.9 Å². The highest BCUT2D eigenvalue weighted by atomic mass is 16.5. The van der Waals surface area contributed by atoms with E-state index in [1.54, 1.807) is 19.1 Å². The summed E-state index contributed by atoms with van der Waals surface area (Å²) in [6, 6.07) is 10.2. The maximum absolute atomic E-state index is 12.7. The first-order valence-corrected chi connectivity index (χ1v) is 9.93. The first-order valence-electron chi connectivity index (χ1n) is 9.93. The van der Waals surface area contributed by atoms with E-state index in [9.17, 15) is 9.59 Å². The number of nitrogens with one attached hydrogen (secondary N) is 2. The summed E-state index contributed by atoms with van der Waals surface area (Å²) in [5.41, 5.74) is 1.92. The molecule has 1 aromatic heterocycles. The van der Waals surface area contributed by atoms with Crippen LogP contribution in [0.2, 0.25) is 0 Å². The average molecular weight is 413 g/mol. The molecule has 0 aliphatic carbocycles. The van der Waals surface area contributed by atoms with Crippen molar-refractivity contribution in [3.8, 4) is 5.75 Å². The van der Waals surface area contributed by atoms with Crippen LogP contribution in [0.3, 0.4) is 0 Å². The number of furan rings is 1. The van der Waals surface area contributed by atoms with Gasteiger partial charge in [-0.25, -0.2) is 9.59 Å². The number of benzene rings is 1. The van der Waals surface area contributed by atoms with Crippen LogP contribution in [0.25, 0.3) is 0 Å². The zero-order chi connectivity index (χ0) is 21.5. The molecule has 30 heavy (non-hydrogen) atoms. The molecule has 0 saturated carbocycles. The van der Waals surface area contributed by atoms with Crippen LogP contribution in [-0.2, 0) is 16.1 Å². The van der Waals surface area contributed by atoms with Crippen LogP contribution in [0.5, 0.6) is 5.75 Å². The number of carbonyl (C=O) groups excluding carboxylic acids is 2.